The highest BCUT2D eigenvalue weighted by Gasteiger charge is 2.02. The molecule has 0 saturated heterocycles. The van der Waals surface area contributed by atoms with Gasteiger partial charge < -0.3 is 15.8 Å². The molecule has 2 aromatic rings. The third-order valence-corrected chi connectivity index (χ3v) is 4.47. The summed E-state index contributed by atoms with van der Waals surface area (Å²) in [5.74, 6) is 2.97. The highest BCUT2D eigenvalue weighted by Crippen LogP contribution is 2.23. The third kappa shape index (κ3) is 5.70. The Balaban J connectivity index is 1.68. The first-order valence-corrected chi connectivity index (χ1v) is 8.69. The summed E-state index contributed by atoms with van der Waals surface area (Å²) in [6, 6.07) is 8.17. The summed E-state index contributed by atoms with van der Waals surface area (Å²) in [4.78, 5) is 3.36. The Kier molecular flexibility index (Phi) is 6.75. The van der Waals surface area contributed by atoms with Crippen molar-refractivity contribution in [3.8, 4) is 5.75 Å². The molecule has 0 atom stereocenters. The van der Waals surface area contributed by atoms with Crippen molar-refractivity contribution in [2.45, 2.75) is 11.3 Å². The number of thioether (sulfide) groups is 1. The van der Waals surface area contributed by atoms with Gasteiger partial charge in [-0.05, 0) is 38.7 Å². The predicted octanol–water partition coefficient (Wildman–Crippen LogP) is 2.61. The minimum atomic E-state index is 0.455. The van der Waals surface area contributed by atoms with Crippen LogP contribution in [0.1, 0.15) is 6.42 Å². The highest BCUT2D eigenvalue weighted by atomic mass is 32.2. The molecule has 1 aromatic heterocycles. The van der Waals surface area contributed by atoms with Crippen molar-refractivity contribution in [2.24, 2.45) is 0 Å². The van der Waals surface area contributed by atoms with E-state index >= 15 is 0 Å². The average molecular weight is 339 g/mol. The number of nitrogen functional groups attached to an aromatic ring is 1. The van der Waals surface area contributed by atoms with E-state index < -0.39 is 0 Å². The molecule has 120 valence electrons. The molecule has 0 bridgehead atoms. The summed E-state index contributed by atoms with van der Waals surface area (Å²) in [5, 5.41) is 3.15. The van der Waals surface area contributed by atoms with E-state index in [4.69, 9.17) is 10.5 Å². The smallest absolute Gasteiger partial charge is 0.184 e. The monoisotopic (exact) mass is 339 g/mol. The van der Waals surface area contributed by atoms with Crippen LogP contribution in [0.25, 0.3) is 0 Å². The van der Waals surface area contributed by atoms with Crippen molar-refractivity contribution in [2.75, 3.05) is 44.2 Å². The number of rotatable bonds is 9. The number of nitrogens with one attached hydrogen (secondary N) is 1. The summed E-state index contributed by atoms with van der Waals surface area (Å²) in [6.07, 6.45) is 0.867. The summed E-state index contributed by atoms with van der Waals surface area (Å²) in [5.41, 5.74) is 5.65. The van der Waals surface area contributed by atoms with Gasteiger partial charge >= 0.3 is 0 Å². The number of aromatic nitrogens is 2. The number of anilines is 2. The first kappa shape index (κ1) is 16.9. The van der Waals surface area contributed by atoms with E-state index in [2.05, 4.69) is 45.2 Å². The number of hydrogen-bond donors (Lipinski definition) is 2. The molecule has 1 aromatic carbocycles. The van der Waals surface area contributed by atoms with E-state index in [1.54, 1.807) is 11.8 Å². The SMILES string of the molecule is CN(C)CSc1cccc(OCCCNc2nsnc2N)c1. The van der Waals surface area contributed by atoms with Gasteiger partial charge in [-0.1, -0.05) is 6.07 Å². The van der Waals surface area contributed by atoms with Gasteiger partial charge in [0, 0.05) is 17.3 Å². The standard InChI is InChI=1S/C14H21N5OS2/c1-19(2)10-21-12-6-3-5-11(9-12)20-8-4-7-16-14-13(15)17-22-18-14/h3,5-6,9H,4,7-8,10H2,1-2H3,(H2,15,17)(H,16,18). The molecule has 0 aliphatic heterocycles. The predicted molar refractivity (Wildman–Crippen MR) is 93.8 cm³/mol. The van der Waals surface area contributed by atoms with Crippen molar-refractivity contribution in [3.05, 3.63) is 24.3 Å². The van der Waals surface area contributed by atoms with Crippen LogP contribution < -0.4 is 15.8 Å². The fourth-order valence-corrected chi connectivity index (χ4v) is 2.88. The maximum atomic E-state index is 5.77. The fraction of sp³-hybridized carbons (Fsp3) is 0.429. The van der Waals surface area contributed by atoms with Gasteiger partial charge in [-0.15, -0.1) is 11.8 Å². The van der Waals surface area contributed by atoms with Crippen molar-refractivity contribution in [1.29, 1.82) is 0 Å². The molecule has 0 radical (unpaired) electrons. The Morgan fingerprint density at radius 3 is 2.95 bits per heavy atom. The van der Waals surface area contributed by atoms with Crippen LogP contribution in [0.5, 0.6) is 5.75 Å². The number of ether oxygens (including phenoxy) is 1. The van der Waals surface area contributed by atoms with E-state index in [-0.39, 0.29) is 0 Å². The second-order valence-corrected chi connectivity index (χ2v) is 6.50. The number of hydrogen-bond acceptors (Lipinski definition) is 8. The molecule has 0 spiro atoms. The molecule has 6 nitrogen and oxygen atoms in total. The van der Waals surface area contributed by atoms with Crippen molar-refractivity contribution < 1.29 is 4.74 Å². The maximum absolute atomic E-state index is 5.77. The Morgan fingerprint density at radius 2 is 2.23 bits per heavy atom. The lowest BCUT2D eigenvalue weighted by Crippen LogP contribution is -2.09. The summed E-state index contributed by atoms with van der Waals surface area (Å²) < 4.78 is 13.7. The molecule has 0 fully saturated rings. The average Bonchev–Trinajstić information content (AvgIpc) is 2.91. The topological polar surface area (TPSA) is 76.3 Å². The van der Waals surface area contributed by atoms with Crippen LogP contribution in [0, 0.1) is 0 Å². The van der Waals surface area contributed by atoms with Crippen molar-refractivity contribution in [3.63, 3.8) is 0 Å². The second-order valence-electron chi connectivity index (χ2n) is 4.95. The minimum absolute atomic E-state index is 0.455. The summed E-state index contributed by atoms with van der Waals surface area (Å²) in [6.45, 7) is 1.40. The Morgan fingerprint density at radius 1 is 1.36 bits per heavy atom. The van der Waals surface area contributed by atoms with Gasteiger partial charge in [0.25, 0.3) is 0 Å². The van der Waals surface area contributed by atoms with Gasteiger partial charge in [-0.25, -0.2) is 0 Å². The molecule has 0 aliphatic carbocycles. The number of benzene rings is 1. The van der Waals surface area contributed by atoms with Crippen LogP contribution >= 0.6 is 23.5 Å². The fourth-order valence-electron chi connectivity index (χ4n) is 1.64. The van der Waals surface area contributed by atoms with Crippen LogP contribution in [-0.2, 0) is 0 Å². The molecule has 0 amide bonds. The van der Waals surface area contributed by atoms with Gasteiger partial charge in [-0.2, -0.15) is 8.75 Å². The quantitative estimate of drug-likeness (QED) is 0.413. The highest BCUT2D eigenvalue weighted by molar-refractivity contribution is 7.99. The van der Waals surface area contributed by atoms with Gasteiger partial charge in [0.2, 0.25) is 0 Å². The van der Waals surface area contributed by atoms with Crippen LogP contribution in [0.4, 0.5) is 11.6 Å². The number of nitrogens with two attached hydrogens (primary N) is 1. The van der Waals surface area contributed by atoms with Crippen LogP contribution in [0.15, 0.2) is 29.2 Å². The second kappa shape index (κ2) is 8.82. The first-order chi connectivity index (χ1) is 10.6. The van der Waals surface area contributed by atoms with E-state index in [0.29, 0.717) is 18.2 Å². The maximum Gasteiger partial charge on any atom is 0.184 e. The van der Waals surface area contributed by atoms with Gasteiger partial charge in [0.1, 0.15) is 5.75 Å². The largest absolute Gasteiger partial charge is 0.493 e. The normalized spacial score (nSPS) is 10.9. The van der Waals surface area contributed by atoms with Crippen molar-refractivity contribution >= 4 is 35.1 Å². The van der Waals surface area contributed by atoms with E-state index in [1.165, 1.54) is 4.90 Å². The molecule has 3 N–H and O–H groups in total. The van der Waals surface area contributed by atoms with Crippen LogP contribution in [0.3, 0.4) is 0 Å². The zero-order valence-electron chi connectivity index (χ0n) is 12.8. The van der Waals surface area contributed by atoms with Gasteiger partial charge in [-0.3, -0.25) is 4.90 Å². The van der Waals surface area contributed by atoms with E-state index in [9.17, 15) is 0 Å². The summed E-state index contributed by atoms with van der Waals surface area (Å²) in [7, 11) is 4.12. The molecule has 22 heavy (non-hydrogen) atoms. The third-order valence-electron chi connectivity index (χ3n) is 2.69. The lowest BCUT2D eigenvalue weighted by molar-refractivity contribution is 0.314. The Bertz CT molecular complexity index is 576. The van der Waals surface area contributed by atoms with E-state index in [0.717, 1.165) is 36.3 Å². The van der Waals surface area contributed by atoms with Crippen LogP contribution in [-0.4, -0.2) is 46.8 Å². The molecule has 8 heteroatoms. The van der Waals surface area contributed by atoms with Gasteiger partial charge in [0.15, 0.2) is 11.6 Å². The molecule has 1 heterocycles. The molecule has 0 unspecified atom stereocenters. The molecular formula is C14H21N5OS2. The zero-order valence-corrected chi connectivity index (χ0v) is 14.4. The molecule has 2 rings (SSSR count). The lowest BCUT2D eigenvalue weighted by atomic mass is 10.3. The Labute approximate surface area is 139 Å². The van der Waals surface area contributed by atoms with Crippen molar-refractivity contribution in [1.82, 2.24) is 13.6 Å². The molecule has 0 saturated carbocycles. The van der Waals surface area contributed by atoms with E-state index in [1.807, 2.05) is 12.1 Å². The first-order valence-electron chi connectivity index (χ1n) is 6.97. The van der Waals surface area contributed by atoms with Gasteiger partial charge in [0.05, 0.1) is 18.3 Å². The number of nitrogens with zero attached hydrogens (tertiary/aromatic N) is 3. The molecule has 0 aliphatic rings. The van der Waals surface area contributed by atoms with Crippen LogP contribution in [0.2, 0.25) is 0 Å². The minimum Gasteiger partial charge on any atom is -0.493 e. The molecular weight excluding hydrogens is 318 g/mol. The summed E-state index contributed by atoms with van der Waals surface area (Å²) >= 11 is 2.90. The lowest BCUT2D eigenvalue weighted by Gasteiger charge is -2.11. The zero-order chi connectivity index (χ0) is 15.8. The Hall–Kier alpha value is -1.51.